The third-order valence-electron chi connectivity index (χ3n) is 11.8. The zero-order valence-corrected chi connectivity index (χ0v) is 37.5. The van der Waals surface area contributed by atoms with E-state index >= 15 is 0 Å². The summed E-state index contributed by atoms with van der Waals surface area (Å²) in [6.45, 7) is 3.18. The van der Waals surface area contributed by atoms with Crippen LogP contribution in [0.2, 0.25) is 0 Å². The van der Waals surface area contributed by atoms with Crippen LogP contribution in [0.4, 0.5) is 0 Å². The molecule has 11 heteroatoms. The maximum Gasteiger partial charge on any atom is 0.249 e. The molecular weight excluding hydrogens is 751 g/mol. The van der Waals surface area contributed by atoms with Gasteiger partial charge in [0.1, 0.15) is 36.6 Å². The second-order valence-corrected chi connectivity index (χ2v) is 17.2. The number of ether oxygens (including phenoxy) is 2. The summed E-state index contributed by atoms with van der Waals surface area (Å²) in [4.78, 5) is 13.0. The van der Waals surface area contributed by atoms with Crippen molar-refractivity contribution in [2.24, 2.45) is 0 Å². The number of hydrogen-bond acceptors (Lipinski definition) is 10. The molecule has 0 bridgehead atoms. The van der Waals surface area contributed by atoms with Crippen LogP contribution < -0.4 is 5.32 Å². The lowest BCUT2D eigenvalue weighted by atomic mass is 9.98. The number of carbonyl (C=O) groups is 1. The topological polar surface area (TPSA) is 189 Å². The third kappa shape index (κ3) is 28.0. The lowest BCUT2D eigenvalue weighted by Gasteiger charge is -2.40. The van der Waals surface area contributed by atoms with Crippen LogP contribution in [0.1, 0.15) is 206 Å². The van der Waals surface area contributed by atoms with Crippen molar-refractivity contribution in [2.75, 3.05) is 13.2 Å². The number of hydrogen-bond donors (Lipinski definition) is 8. The average Bonchev–Trinajstić information content (AvgIpc) is 3.23. The van der Waals surface area contributed by atoms with Crippen LogP contribution in [0, 0.1) is 0 Å². The van der Waals surface area contributed by atoms with E-state index < -0.39 is 74.2 Å². The van der Waals surface area contributed by atoms with Crippen molar-refractivity contribution in [3.05, 3.63) is 24.3 Å². The highest BCUT2D eigenvalue weighted by atomic mass is 16.7. The molecule has 1 fully saturated rings. The first-order valence-corrected chi connectivity index (χ1v) is 24.2. The Labute approximate surface area is 359 Å². The van der Waals surface area contributed by atoms with E-state index in [-0.39, 0.29) is 12.8 Å². The number of rotatable bonds is 40. The molecule has 1 rings (SSSR count). The minimum Gasteiger partial charge on any atom is -0.394 e. The molecule has 0 aromatic carbocycles. The summed E-state index contributed by atoms with van der Waals surface area (Å²) in [5.74, 6) is -0.711. The minimum atomic E-state index is -1.67. The van der Waals surface area contributed by atoms with Gasteiger partial charge in [0.25, 0.3) is 0 Å². The summed E-state index contributed by atoms with van der Waals surface area (Å²) in [5, 5.41) is 75.3. The predicted octanol–water partition coefficient (Wildman–Crippen LogP) is 8.23. The van der Waals surface area contributed by atoms with Crippen LogP contribution in [0.5, 0.6) is 0 Å². The molecule has 0 saturated carbocycles. The molecule has 0 radical (unpaired) electrons. The first kappa shape index (κ1) is 55.6. The number of aliphatic hydroxyl groups excluding tert-OH is 7. The highest BCUT2D eigenvalue weighted by molar-refractivity contribution is 5.80. The first-order valence-electron chi connectivity index (χ1n) is 24.2. The van der Waals surface area contributed by atoms with Gasteiger partial charge in [-0.25, -0.2) is 0 Å². The lowest BCUT2D eigenvalue weighted by Crippen LogP contribution is -2.60. The van der Waals surface area contributed by atoms with Gasteiger partial charge in [-0.15, -0.1) is 0 Å². The summed E-state index contributed by atoms with van der Waals surface area (Å²) in [7, 11) is 0. The Balaban J connectivity index is 2.28. The van der Waals surface area contributed by atoms with E-state index in [2.05, 4.69) is 24.4 Å². The van der Waals surface area contributed by atoms with Gasteiger partial charge in [0.05, 0.1) is 25.4 Å². The number of aliphatic hydroxyl groups is 7. The van der Waals surface area contributed by atoms with Crippen molar-refractivity contribution < 1.29 is 50.0 Å². The van der Waals surface area contributed by atoms with Gasteiger partial charge in [-0.1, -0.05) is 185 Å². The van der Waals surface area contributed by atoms with Gasteiger partial charge in [-0.2, -0.15) is 0 Å². The van der Waals surface area contributed by atoms with E-state index in [0.717, 1.165) is 32.1 Å². The average molecular weight is 842 g/mol. The van der Waals surface area contributed by atoms with Crippen molar-refractivity contribution >= 4 is 5.91 Å². The molecule has 1 heterocycles. The van der Waals surface area contributed by atoms with Crippen molar-refractivity contribution in [2.45, 2.75) is 262 Å². The molecule has 1 saturated heterocycles. The molecule has 0 spiro atoms. The van der Waals surface area contributed by atoms with E-state index in [9.17, 15) is 40.5 Å². The molecule has 1 aliphatic rings. The molecule has 59 heavy (non-hydrogen) atoms. The Morgan fingerprint density at radius 2 is 1.07 bits per heavy atom. The summed E-state index contributed by atoms with van der Waals surface area (Å²) in [5.41, 5.74) is 0. The largest absolute Gasteiger partial charge is 0.394 e. The van der Waals surface area contributed by atoms with Gasteiger partial charge in [0.15, 0.2) is 6.29 Å². The fraction of sp³-hybridized carbons (Fsp3) is 0.896. The maximum absolute atomic E-state index is 13.0. The van der Waals surface area contributed by atoms with E-state index in [1.165, 1.54) is 128 Å². The van der Waals surface area contributed by atoms with E-state index in [1.807, 2.05) is 19.1 Å². The van der Waals surface area contributed by atoms with Crippen LogP contribution in [-0.2, 0) is 14.3 Å². The van der Waals surface area contributed by atoms with Crippen LogP contribution >= 0.6 is 0 Å². The van der Waals surface area contributed by atoms with Crippen LogP contribution in [0.15, 0.2) is 24.3 Å². The van der Waals surface area contributed by atoms with Crippen LogP contribution in [0.25, 0.3) is 0 Å². The van der Waals surface area contributed by atoms with Crippen molar-refractivity contribution in [3.63, 3.8) is 0 Å². The molecule has 9 unspecified atom stereocenters. The van der Waals surface area contributed by atoms with Gasteiger partial charge in [0.2, 0.25) is 5.91 Å². The summed E-state index contributed by atoms with van der Waals surface area (Å²) in [6, 6.07) is -1.19. The second kappa shape index (κ2) is 38.3. The summed E-state index contributed by atoms with van der Waals surface area (Å²) < 4.78 is 11.0. The number of carbonyl (C=O) groups excluding carboxylic acids is 1. The predicted molar refractivity (Wildman–Crippen MR) is 238 cm³/mol. The third-order valence-corrected chi connectivity index (χ3v) is 11.8. The van der Waals surface area contributed by atoms with E-state index in [0.29, 0.717) is 19.3 Å². The quantitative estimate of drug-likeness (QED) is 0.0221. The molecular formula is C48H91NO10. The lowest BCUT2D eigenvalue weighted by molar-refractivity contribution is -0.303. The smallest absolute Gasteiger partial charge is 0.249 e. The molecule has 9 atom stereocenters. The SMILES string of the molecule is C/C=C/CC/C=C/CCCC(O)C(O)C(COC1OC(CO)C(O)C(O)C1O)NC(=O)C(O)CCCCCCCCCCCCCCCCCCCCCCCCCC. The van der Waals surface area contributed by atoms with Gasteiger partial charge in [0, 0.05) is 0 Å². The Morgan fingerprint density at radius 1 is 0.610 bits per heavy atom. The molecule has 0 aliphatic carbocycles. The summed E-state index contributed by atoms with van der Waals surface area (Å²) >= 11 is 0. The van der Waals surface area contributed by atoms with Gasteiger partial charge < -0.3 is 50.5 Å². The van der Waals surface area contributed by atoms with E-state index in [1.54, 1.807) is 0 Å². The zero-order valence-electron chi connectivity index (χ0n) is 37.5. The number of allylic oxidation sites excluding steroid dienone is 4. The Morgan fingerprint density at radius 3 is 1.54 bits per heavy atom. The molecule has 0 aromatic heterocycles. The van der Waals surface area contributed by atoms with Crippen LogP contribution in [-0.4, -0.2) is 110 Å². The highest BCUT2D eigenvalue weighted by Crippen LogP contribution is 2.23. The second-order valence-electron chi connectivity index (χ2n) is 17.2. The zero-order chi connectivity index (χ0) is 43.4. The molecule has 1 amide bonds. The Bertz CT molecular complexity index is 1010. The summed E-state index contributed by atoms with van der Waals surface area (Å²) in [6.07, 6.45) is 31.5. The van der Waals surface area contributed by atoms with Gasteiger partial charge in [-0.05, 0) is 45.4 Å². The fourth-order valence-corrected chi connectivity index (χ4v) is 7.82. The van der Waals surface area contributed by atoms with Crippen molar-refractivity contribution in [1.29, 1.82) is 0 Å². The van der Waals surface area contributed by atoms with Crippen molar-refractivity contribution in [3.8, 4) is 0 Å². The highest BCUT2D eigenvalue weighted by Gasteiger charge is 2.44. The number of amides is 1. The van der Waals surface area contributed by atoms with Crippen molar-refractivity contribution in [1.82, 2.24) is 5.32 Å². The molecule has 0 aromatic rings. The molecule has 8 N–H and O–H groups in total. The molecule has 11 nitrogen and oxygen atoms in total. The molecule has 348 valence electrons. The number of unbranched alkanes of at least 4 members (excludes halogenated alkanes) is 25. The molecule has 1 aliphatic heterocycles. The monoisotopic (exact) mass is 842 g/mol. The normalized spacial score (nSPS) is 21.9. The first-order chi connectivity index (χ1) is 28.7. The Hall–Kier alpha value is -1.41. The maximum atomic E-state index is 13.0. The fourth-order valence-electron chi connectivity index (χ4n) is 7.82. The minimum absolute atomic E-state index is 0.245. The van der Waals surface area contributed by atoms with Gasteiger partial charge in [-0.3, -0.25) is 4.79 Å². The standard InChI is InChI=1S/C48H91NO10/c1-3-5-7-9-11-13-14-15-16-17-18-19-20-21-22-23-24-25-26-27-28-30-32-34-36-41(52)47(57)49-39(38-58-48-46(56)45(55)44(54)42(37-50)59-48)43(53)40(51)35-33-31-29-12-10-8-6-4-2/h4,6,12,29,39-46,48,50-56H,3,5,7-11,13-28,30-38H2,1-2H3,(H,49,57)/b6-4+,29-12+. The Kier molecular flexibility index (Phi) is 36.1. The number of nitrogens with one attached hydrogen (secondary N) is 1. The van der Waals surface area contributed by atoms with Gasteiger partial charge >= 0.3 is 0 Å². The van der Waals surface area contributed by atoms with E-state index in [4.69, 9.17) is 9.47 Å². The van der Waals surface area contributed by atoms with Crippen LogP contribution in [0.3, 0.4) is 0 Å².